The van der Waals surface area contributed by atoms with Gasteiger partial charge < -0.3 is 29.2 Å². The quantitative estimate of drug-likeness (QED) is 0.329. The Morgan fingerprint density at radius 3 is 2.68 bits per heavy atom. The Labute approximate surface area is 178 Å². The molecule has 0 radical (unpaired) electrons. The zero-order chi connectivity index (χ0) is 22.5. The fraction of sp³-hybridized carbons (Fsp3) is 0.273. The third-order valence-corrected chi connectivity index (χ3v) is 3.66. The van der Waals surface area contributed by atoms with E-state index in [1.54, 1.807) is 18.2 Å². The number of carboxylic acids is 1. The van der Waals surface area contributed by atoms with Crippen LogP contribution in [0.15, 0.2) is 60.7 Å². The largest absolute Gasteiger partial charge is 0.509 e. The molecule has 1 heterocycles. The van der Waals surface area contributed by atoms with E-state index in [0.29, 0.717) is 5.75 Å². The van der Waals surface area contributed by atoms with E-state index in [-0.39, 0.29) is 19.0 Å². The summed E-state index contributed by atoms with van der Waals surface area (Å²) in [7, 11) is 0. The van der Waals surface area contributed by atoms with Gasteiger partial charge in [0.15, 0.2) is 12.2 Å². The monoisotopic (exact) mass is 432 g/mol. The Bertz CT molecular complexity index is 879. The highest BCUT2D eigenvalue weighted by atomic mass is 19.1. The fourth-order valence-electron chi connectivity index (χ4n) is 2.26. The minimum Gasteiger partial charge on any atom is -0.491 e. The van der Waals surface area contributed by atoms with Gasteiger partial charge in [-0.25, -0.2) is 14.0 Å². The van der Waals surface area contributed by atoms with Crippen molar-refractivity contribution in [2.45, 2.75) is 18.3 Å². The summed E-state index contributed by atoms with van der Waals surface area (Å²) in [6, 6.07) is 5.46. The molecule has 31 heavy (non-hydrogen) atoms. The lowest BCUT2D eigenvalue weighted by atomic mass is 10.2. The molecular weight excluding hydrogens is 411 g/mol. The van der Waals surface area contributed by atoms with E-state index >= 15 is 0 Å². The van der Waals surface area contributed by atoms with E-state index in [9.17, 15) is 19.1 Å². The summed E-state index contributed by atoms with van der Waals surface area (Å²) in [4.78, 5) is 21.7. The first-order chi connectivity index (χ1) is 14.9. The van der Waals surface area contributed by atoms with Crippen LogP contribution in [-0.4, -0.2) is 60.5 Å². The Balaban J connectivity index is 1.70. The first-order valence-electron chi connectivity index (χ1n) is 9.18. The normalized spacial score (nSPS) is 19.2. The minimum atomic E-state index is -1.12. The van der Waals surface area contributed by atoms with Crippen molar-refractivity contribution in [2.24, 2.45) is 0 Å². The number of ether oxygens (including phenoxy) is 4. The maximum atomic E-state index is 12.8. The van der Waals surface area contributed by atoms with Crippen LogP contribution in [0.4, 0.5) is 9.18 Å². The molecule has 0 saturated carbocycles. The number of carbonyl (C=O) groups is 2. The molecule has 0 spiro atoms. The molecular formula is C22H21FO8. The van der Waals surface area contributed by atoms with Gasteiger partial charge in [-0.15, -0.1) is 0 Å². The lowest BCUT2D eigenvalue weighted by Crippen LogP contribution is -2.27. The van der Waals surface area contributed by atoms with Gasteiger partial charge in [-0.1, -0.05) is 24.0 Å². The maximum absolute atomic E-state index is 12.8. The molecule has 1 saturated heterocycles. The van der Waals surface area contributed by atoms with Crippen LogP contribution in [0.2, 0.25) is 0 Å². The van der Waals surface area contributed by atoms with Crippen molar-refractivity contribution in [1.29, 1.82) is 0 Å². The first kappa shape index (κ1) is 23.7. The lowest BCUT2D eigenvalue weighted by Gasteiger charge is -2.11. The number of rotatable bonds is 10. The molecule has 1 aliphatic heterocycles. The number of halogens is 1. The predicted octanol–water partition coefficient (Wildman–Crippen LogP) is 2.24. The summed E-state index contributed by atoms with van der Waals surface area (Å²) >= 11 is 0. The molecule has 9 heteroatoms. The number of carbonyl (C=O) groups excluding carboxylic acids is 1. The van der Waals surface area contributed by atoms with Gasteiger partial charge in [0.2, 0.25) is 0 Å². The zero-order valence-electron chi connectivity index (χ0n) is 16.3. The van der Waals surface area contributed by atoms with Crippen LogP contribution >= 0.6 is 0 Å². The van der Waals surface area contributed by atoms with Crippen molar-refractivity contribution in [2.75, 3.05) is 19.8 Å². The third-order valence-electron chi connectivity index (χ3n) is 3.66. The van der Waals surface area contributed by atoms with Crippen LogP contribution in [0.5, 0.6) is 5.75 Å². The molecule has 2 unspecified atom stereocenters. The van der Waals surface area contributed by atoms with Gasteiger partial charge in [0.1, 0.15) is 30.9 Å². The maximum Gasteiger partial charge on any atom is 0.509 e. The molecule has 1 aliphatic rings. The van der Waals surface area contributed by atoms with E-state index in [1.165, 1.54) is 42.5 Å². The van der Waals surface area contributed by atoms with Crippen LogP contribution in [0.25, 0.3) is 0 Å². The number of allylic oxidation sites excluding steroid dienone is 4. The molecule has 0 aliphatic carbocycles. The molecule has 0 aromatic heterocycles. The summed E-state index contributed by atoms with van der Waals surface area (Å²) in [5.41, 5.74) is 0. The van der Waals surface area contributed by atoms with Crippen molar-refractivity contribution in [3.63, 3.8) is 0 Å². The molecule has 1 aromatic carbocycles. The van der Waals surface area contributed by atoms with Crippen molar-refractivity contribution < 1.29 is 43.1 Å². The smallest absolute Gasteiger partial charge is 0.491 e. The highest BCUT2D eigenvalue weighted by Crippen LogP contribution is 2.17. The van der Waals surface area contributed by atoms with Crippen LogP contribution in [0.1, 0.15) is 0 Å². The van der Waals surface area contributed by atoms with E-state index in [4.69, 9.17) is 24.1 Å². The minimum absolute atomic E-state index is 0.00190. The van der Waals surface area contributed by atoms with E-state index in [2.05, 4.69) is 11.8 Å². The van der Waals surface area contributed by atoms with Crippen LogP contribution in [0.3, 0.4) is 0 Å². The second-order valence-electron chi connectivity index (χ2n) is 6.12. The number of aliphatic hydroxyl groups excluding tert-OH is 1. The molecule has 164 valence electrons. The average Bonchev–Trinajstić information content (AvgIpc) is 3.08. The number of aliphatic carboxylic acids is 1. The summed E-state index contributed by atoms with van der Waals surface area (Å²) < 4.78 is 32.9. The molecule has 1 aromatic rings. The highest BCUT2D eigenvalue weighted by Gasteiger charge is 2.34. The van der Waals surface area contributed by atoms with Gasteiger partial charge >= 0.3 is 12.1 Å². The van der Waals surface area contributed by atoms with E-state index in [1.807, 2.05) is 0 Å². The second kappa shape index (κ2) is 12.8. The van der Waals surface area contributed by atoms with Crippen LogP contribution in [-0.2, 0) is 19.0 Å². The van der Waals surface area contributed by atoms with Crippen LogP contribution < -0.4 is 4.74 Å². The molecule has 1 fully saturated rings. The van der Waals surface area contributed by atoms with Gasteiger partial charge in [0.25, 0.3) is 0 Å². The third kappa shape index (κ3) is 9.62. The van der Waals surface area contributed by atoms with Crippen molar-refractivity contribution >= 4 is 12.1 Å². The molecule has 2 N–H and O–H groups in total. The Morgan fingerprint density at radius 1 is 1.19 bits per heavy atom. The Morgan fingerprint density at radius 2 is 1.94 bits per heavy atom. The number of aliphatic hydroxyl groups is 1. The number of hydrogen-bond donors (Lipinski definition) is 2. The van der Waals surface area contributed by atoms with Gasteiger partial charge in [-0.3, -0.25) is 0 Å². The molecule has 0 bridgehead atoms. The molecule has 3 atom stereocenters. The molecule has 2 rings (SSSR count). The number of benzene rings is 1. The van der Waals surface area contributed by atoms with Gasteiger partial charge in [-0.05, 0) is 48.6 Å². The summed E-state index contributed by atoms with van der Waals surface area (Å²) in [6.07, 6.45) is 6.07. The second-order valence-corrected chi connectivity index (χ2v) is 6.12. The Kier molecular flexibility index (Phi) is 9.81. The number of carboxylic acid groups (broad SMARTS) is 1. The first-order valence-corrected chi connectivity index (χ1v) is 9.18. The number of hydrogen-bond acceptors (Lipinski definition) is 7. The van der Waals surface area contributed by atoms with Gasteiger partial charge in [0, 0.05) is 0 Å². The lowest BCUT2D eigenvalue weighted by molar-refractivity contribution is -0.143. The van der Waals surface area contributed by atoms with Crippen LogP contribution in [0, 0.1) is 17.7 Å². The average molecular weight is 432 g/mol. The van der Waals surface area contributed by atoms with E-state index in [0.717, 1.165) is 0 Å². The van der Waals surface area contributed by atoms with E-state index < -0.39 is 37.0 Å². The van der Waals surface area contributed by atoms with Gasteiger partial charge in [-0.2, -0.15) is 0 Å². The van der Waals surface area contributed by atoms with Gasteiger partial charge in [0.05, 0.1) is 6.61 Å². The summed E-state index contributed by atoms with van der Waals surface area (Å²) in [6.45, 7) is -0.600. The summed E-state index contributed by atoms with van der Waals surface area (Å²) in [5, 5.41) is 18.3. The summed E-state index contributed by atoms with van der Waals surface area (Å²) in [5.74, 6) is 4.38. The molecule has 0 amide bonds. The topological polar surface area (TPSA) is 112 Å². The molecule has 8 nitrogen and oxygen atoms in total. The zero-order valence-corrected chi connectivity index (χ0v) is 16.3. The van der Waals surface area contributed by atoms with Crippen molar-refractivity contribution in [1.82, 2.24) is 0 Å². The van der Waals surface area contributed by atoms with Crippen molar-refractivity contribution in [3.8, 4) is 17.6 Å². The fourth-order valence-corrected chi connectivity index (χ4v) is 2.26. The standard InChI is InChI=1S/C22H21FO8/c23-16-9-11-18(12-10-16)29-13-17(24)7-5-3-1-2-4-6-8-19-20(31-22(27)30-19)14-28-15-21(25)26/h2,4-12,17,19-20,24H,13-15H2,(H,25,26)/b4-2+,7-5+,8-6+/t17-,19?,20?/m1/s1. The predicted molar refractivity (Wildman–Crippen MR) is 107 cm³/mol. The number of cyclic esters (lactones) is 2. The highest BCUT2D eigenvalue weighted by molar-refractivity contribution is 5.68. The Hall–Kier alpha value is -3.61. The SMILES string of the molecule is O=C(O)COCC1OC(=O)OC1/C=C/C=C/C#C/C=C/[C@@H](O)COc1ccc(F)cc1. The van der Waals surface area contributed by atoms with Crippen molar-refractivity contribution in [3.05, 3.63) is 66.5 Å².